The Kier molecular flexibility index (Phi) is 4.46. The topological polar surface area (TPSA) is 80.0 Å². The molecule has 1 atom stereocenters. The van der Waals surface area contributed by atoms with Gasteiger partial charge in [-0.15, -0.1) is 0 Å². The predicted molar refractivity (Wildman–Crippen MR) is 83.4 cm³/mol. The highest BCUT2D eigenvalue weighted by Crippen LogP contribution is 2.30. The van der Waals surface area contributed by atoms with E-state index >= 15 is 0 Å². The summed E-state index contributed by atoms with van der Waals surface area (Å²) < 4.78 is 4.02. The lowest BCUT2D eigenvalue weighted by Gasteiger charge is -2.15. The van der Waals surface area contributed by atoms with E-state index in [0.29, 0.717) is 15.6 Å². The van der Waals surface area contributed by atoms with Gasteiger partial charge in [0, 0.05) is 18.1 Å². The normalized spacial score (nSPS) is 11.9. The molecule has 0 saturated heterocycles. The summed E-state index contributed by atoms with van der Waals surface area (Å²) in [4.78, 5) is 11.8. The second-order valence-electron chi connectivity index (χ2n) is 4.27. The number of aromatic nitrogens is 1. The molecule has 5 nitrogen and oxygen atoms in total. The van der Waals surface area contributed by atoms with Crippen LogP contribution in [0.25, 0.3) is 0 Å². The highest BCUT2D eigenvalue weighted by Gasteiger charge is 2.19. The van der Waals surface area contributed by atoms with Crippen LogP contribution in [0, 0.1) is 0 Å². The van der Waals surface area contributed by atoms with Crippen LogP contribution in [0.4, 0.5) is 10.8 Å². The van der Waals surface area contributed by atoms with Crippen molar-refractivity contribution >= 4 is 39.9 Å². The zero-order chi connectivity index (χ0) is 14.7. The van der Waals surface area contributed by atoms with Gasteiger partial charge < -0.3 is 16.4 Å². The minimum Gasteiger partial charge on any atom is -0.382 e. The van der Waals surface area contributed by atoms with Gasteiger partial charge in [-0.3, -0.25) is 4.79 Å². The van der Waals surface area contributed by atoms with Gasteiger partial charge in [-0.1, -0.05) is 23.7 Å². The molecule has 0 saturated carbocycles. The van der Waals surface area contributed by atoms with E-state index in [2.05, 4.69) is 15.0 Å². The lowest BCUT2D eigenvalue weighted by atomic mass is 10.1. The second kappa shape index (κ2) is 6.11. The van der Waals surface area contributed by atoms with E-state index in [1.807, 2.05) is 31.2 Å². The van der Waals surface area contributed by atoms with Crippen molar-refractivity contribution in [2.45, 2.75) is 13.0 Å². The molecule has 0 bridgehead atoms. The molecule has 1 unspecified atom stereocenters. The number of carbonyl (C=O) groups is 1. The van der Waals surface area contributed by atoms with Crippen LogP contribution >= 0.6 is 23.1 Å². The predicted octanol–water partition coefficient (Wildman–Crippen LogP) is 2.91. The fourth-order valence-corrected chi connectivity index (χ4v) is 2.80. The summed E-state index contributed by atoms with van der Waals surface area (Å²) in [6, 6.07) is 7.53. The summed E-state index contributed by atoms with van der Waals surface area (Å²) in [6.07, 6.45) is 0. The number of nitrogens with zero attached hydrogens (tertiary/aromatic N) is 1. The molecule has 0 aliphatic heterocycles. The van der Waals surface area contributed by atoms with Gasteiger partial charge in [0.15, 0.2) is 5.82 Å². The van der Waals surface area contributed by atoms with E-state index in [1.165, 1.54) is 11.5 Å². The molecule has 2 aromatic rings. The Morgan fingerprint density at radius 2 is 2.25 bits per heavy atom. The third kappa shape index (κ3) is 3.02. The highest BCUT2D eigenvalue weighted by atomic mass is 35.5. The van der Waals surface area contributed by atoms with Crippen LogP contribution < -0.4 is 16.4 Å². The summed E-state index contributed by atoms with van der Waals surface area (Å²) >= 11 is 7.15. The Morgan fingerprint density at radius 3 is 2.90 bits per heavy atom. The molecule has 0 aliphatic rings. The Morgan fingerprint density at radius 1 is 1.50 bits per heavy atom. The highest BCUT2D eigenvalue weighted by molar-refractivity contribution is 7.11. The van der Waals surface area contributed by atoms with Crippen molar-refractivity contribution in [2.75, 3.05) is 18.1 Å². The molecule has 4 N–H and O–H groups in total. The maximum atomic E-state index is 11.8. The standard InChI is InChI=1S/C13H15ClN4OS/c1-7(8-4-3-5-9(14)6-8)17-13-10(12(19)16-2)11(15)18-20-13/h3-7,17H,1-2H3,(H2,15,18)(H,16,19). The minimum atomic E-state index is -0.253. The maximum absolute atomic E-state index is 11.8. The molecule has 0 spiro atoms. The Balaban J connectivity index is 2.24. The van der Waals surface area contributed by atoms with Crippen molar-refractivity contribution in [1.82, 2.24) is 9.69 Å². The van der Waals surface area contributed by atoms with Crippen molar-refractivity contribution in [1.29, 1.82) is 0 Å². The van der Waals surface area contributed by atoms with Crippen molar-refractivity contribution in [3.05, 3.63) is 40.4 Å². The first-order valence-electron chi connectivity index (χ1n) is 6.02. The number of nitrogen functional groups attached to an aromatic ring is 1. The van der Waals surface area contributed by atoms with Crippen LogP contribution in [-0.2, 0) is 0 Å². The quantitative estimate of drug-likeness (QED) is 0.811. The average Bonchev–Trinajstić information content (AvgIpc) is 2.79. The third-order valence-corrected chi connectivity index (χ3v) is 3.90. The Bertz CT molecular complexity index is 629. The first-order valence-corrected chi connectivity index (χ1v) is 7.17. The molecule has 106 valence electrons. The number of nitrogens with two attached hydrogens (primary N) is 1. The average molecular weight is 311 g/mol. The van der Waals surface area contributed by atoms with E-state index in [4.69, 9.17) is 17.3 Å². The zero-order valence-electron chi connectivity index (χ0n) is 11.1. The number of anilines is 2. The number of rotatable bonds is 4. The van der Waals surface area contributed by atoms with E-state index in [0.717, 1.165) is 5.56 Å². The lowest BCUT2D eigenvalue weighted by Crippen LogP contribution is -2.20. The molecule has 1 heterocycles. The van der Waals surface area contributed by atoms with Gasteiger partial charge >= 0.3 is 0 Å². The van der Waals surface area contributed by atoms with Gasteiger partial charge in [-0.05, 0) is 36.2 Å². The van der Waals surface area contributed by atoms with Gasteiger partial charge in [-0.2, -0.15) is 4.37 Å². The maximum Gasteiger partial charge on any atom is 0.257 e. The number of hydrogen-bond donors (Lipinski definition) is 3. The lowest BCUT2D eigenvalue weighted by molar-refractivity contribution is 0.0965. The molecule has 20 heavy (non-hydrogen) atoms. The summed E-state index contributed by atoms with van der Waals surface area (Å²) in [5.74, 6) is -0.0211. The monoisotopic (exact) mass is 310 g/mol. The van der Waals surface area contributed by atoms with Gasteiger partial charge in [-0.25, -0.2) is 0 Å². The van der Waals surface area contributed by atoms with Crippen LogP contribution in [0.2, 0.25) is 5.02 Å². The molecular formula is C13H15ClN4OS. The molecule has 7 heteroatoms. The van der Waals surface area contributed by atoms with Gasteiger partial charge in [0.25, 0.3) is 5.91 Å². The SMILES string of the molecule is CNC(=O)c1c(N)nsc1NC(C)c1cccc(Cl)c1. The number of benzene rings is 1. The van der Waals surface area contributed by atoms with Gasteiger partial charge in [0.1, 0.15) is 10.6 Å². The van der Waals surface area contributed by atoms with Crippen molar-refractivity contribution in [3.63, 3.8) is 0 Å². The molecule has 0 aliphatic carbocycles. The number of nitrogens with one attached hydrogen (secondary N) is 2. The van der Waals surface area contributed by atoms with E-state index in [-0.39, 0.29) is 17.8 Å². The zero-order valence-corrected chi connectivity index (χ0v) is 12.7. The van der Waals surface area contributed by atoms with Crippen LogP contribution in [0.1, 0.15) is 28.9 Å². The summed E-state index contributed by atoms with van der Waals surface area (Å²) in [5, 5.41) is 7.12. The van der Waals surface area contributed by atoms with Crippen molar-refractivity contribution < 1.29 is 4.79 Å². The van der Waals surface area contributed by atoms with Gasteiger partial charge in [0.2, 0.25) is 0 Å². The number of carbonyl (C=O) groups excluding carboxylic acids is 1. The molecular weight excluding hydrogens is 296 g/mol. The van der Waals surface area contributed by atoms with E-state index in [1.54, 1.807) is 7.05 Å². The first-order chi connectivity index (χ1) is 9.52. The minimum absolute atomic E-state index is 0.0167. The van der Waals surface area contributed by atoms with Gasteiger partial charge in [0.05, 0.1) is 0 Å². The summed E-state index contributed by atoms with van der Waals surface area (Å²) in [7, 11) is 1.56. The van der Waals surface area contributed by atoms with E-state index < -0.39 is 0 Å². The molecule has 0 radical (unpaired) electrons. The second-order valence-corrected chi connectivity index (χ2v) is 5.48. The molecule has 1 amide bonds. The summed E-state index contributed by atoms with van der Waals surface area (Å²) in [6.45, 7) is 1.98. The summed E-state index contributed by atoms with van der Waals surface area (Å²) in [5.41, 5.74) is 7.14. The van der Waals surface area contributed by atoms with Crippen LogP contribution in [0.5, 0.6) is 0 Å². The van der Waals surface area contributed by atoms with Crippen LogP contribution in [0.15, 0.2) is 24.3 Å². The largest absolute Gasteiger partial charge is 0.382 e. The smallest absolute Gasteiger partial charge is 0.257 e. The number of amides is 1. The molecule has 1 aromatic heterocycles. The Labute approximate surface area is 126 Å². The third-order valence-electron chi connectivity index (χ3n) is 2.87. The van der Waals surface area contributed by atoms with Crippen LogP contribution in [-0.4, -0.2) is 17.3 Å². The fourth-order valence-electron chi connectivity index (χ4n) is 1.80. The molecule has 0 fully saturated rings. The van der Waals surface area contributed by atoms with Crippen LogP contribution in [0.3, 0.4) is 0 Å². The van der Waals surface area contributed by atoms with Crippen molar-refractivity contribution in [2.24, 2.45) is 0 Å². The number of halogens is 1. The fraction of sp³-hybridized carbons (Fsp3) is 0.231. The Hall–Kier alpha value is -1.79. The van der Waals surface area contributed by atoms with E-state index in [9.17, 15) is 4.79 Å². The number of hydrogen-bond acceptors (Lipinski definition) is 5. The van der Waals surface area contributed by atoms with Crippen molar-refractivity contribution in [3.8, 4) is 0 Å². The molecule has 1 aromatic carbocycles. The first kappa shape index (κ1) is 14.6. The molecule has 2 rings (SSSR count).